The van der Waals surface area contributed by atoms with Gasteiger partial charge in [-0.05, 0) is 63.8 Å². The molecule has 0 bridgehead atoms. The zero-order chi connectivity index (χ0) is 16.9. The fraction of sp³-hybridized carbons (Fsp3) is 0.526. The molecule has 0 saturated heterocycles. The molecule has 4 nitrogen and oxygen atoms in total. The topological polar surface area (TPSA) is 49.8 Å². The van der Waals surface area contributed by atoms with Crippen molar-refractivity contribution in [3.05, 3.63) is 29.3 Å². The van der Waals surface area contributed by atoms with Crippen molar-refractivity contribution in [1.82, 2.24) is 0 Å². The maximum atomic E-state index is 12.4. The van der Waals surface area contributed by atoms with Crippen LogP contribution in [-0.4, -0.2) is 30.0 Å². The fourth-order valence-corrected chi connectivity index (χ4v) is 2.51. The highest BCUT2D eigenvalue weighted by atomic mass is 16.6. The van der Waals surface area contributed by atoms with Crippen molar-refractivity contribution in [3.8, 4) is 11.8 Å². The predicted molar refractivity (Wildman–Crippen MR) is 91.5 cm³/mol. The minimum atomic E-state index is -0.493. The van der Waals surface area contributed by atoms with Crippen LogP contribution in [0.15, 0.2) is 18.2 Å². The van der Waals surface area contributed by atoms with Crippen LogP contribution >= 0.6 is 0 Å². The lowest BCUT2D eigenvalue weighted by Gasteiger charge is -2.31. The van der Waals surface area contributed by atoms with Gasteiger partial charge in [-0.25, -0.2) is 4.79 Å². The minimum Gasteiger partial charge on any atom is -0.443 e. The molecule has 1 aliphatic rings. The van der Waals surface area contributed by atoms with Gasteiger partial charge < -0.3 is 9.84 Å². The summed E-state index contributed by atoms with van der Waals surface area (Å²) < 4.78 is 5.49. The van der Waals surface area contributed by atoms with E-state index in [0.717, 1.165) is 29.7 Å². The smallest absolute Gasteiger partial charge is 0.414 e. The summed E-state index contributed by atoms with van der Waals surface area (Å²) in [5, 5.41) is 8.77. The van der Waals surface area contributed by atoms with Gasteiger partial charge in [0.1, 0.15) is 5.60 Å². The number of hydrogen-bond acceptors (Lipinski definition) is 3. The van der Waals surface area contributed by atoms with Crippen LogP contribution in [0.2, 0.25) is 0 Å². The summed E-state index contributed by atoms with van der Waals surface area (Å²) in [5.74, 6) is 6.18. The third kappa shape index (κ3) is 5.01. The van der Waals surface area contributed by atoms with Crippen LogP contribution in [0.1, 0.15) is 51.2 Å². The molecule has 1 heterocycles. The molecule has 23 heavy (non-hydrogen) atoms. The standard InChI is InChI=1S/C19H25NO3/c1-19(2,3)23-18(22)20-12-7-9-16-14-15(10-11-17(16)20)8-5-4-6-13-21/h10-11,14,21H,4,6-7,9,12-13H2,1-3H3. The van der Waals surface area contributed by atoms with Crippen LogP contribution < -0.4 is 4.90 Å². The molecule has 0 atom stereocenters. The van der Waals surface area contributed by atoms with E-state index in [2.05, 4.69) is 17.9 Å². The highest BCUT2D eigenvalue weighted by molar-refractivity contribution is 5.89. The van der Waals surface area contributed by atoms with Crippen molar-refractivity contribution >= 4 is 11.8 Å². The second-order valence-corrected chi connectivity index (χ2v) is 6.71. The number of anilines is 1. The molecule has 124 valence electrons. The molecule has 0 aliphatic carbocycles. The number of rotatable bonds is 2. The lowest BCUT2D eigenvalue weighted by atomic mass is 9.99. The van der Waals surface area contributed by atoms with Crippen molar-refractivity contribution in [3.63, 3.8) is 0 Å². The maximum absolute atomic E-state index is 12.4. The Balaban J connectivity index is 2.16. The largest absolute Gasteiger partial charge is 0.443 e. The van der Waals surface area contributed by atoms with Crippen LogP contribution in [-0.2, 0) is 11.2 Å². The van der Waals surface area contributed by atoms with E-state index in [0.29, 0.717) is 19.4 Å². The number of amides is 1. The number of ether oxygens (including phenoxy) is 1. The Morgan fingerprint density at radius 1 is 1.39 bits per heavy atom. The minimum absolute atomic E-state index is 0.170. The highest BCUT2D eigenvalue weighted by Crippen LogP contribution is 2.29. The number of carbonyl (C=O) groups excluding carboxylic acids is 1. The molecule has 1 aromatic carbocycles. The van der Waals surface area contributed by atoms with Gasteiger partial charge in [-0.1, -0.05) is 11.8 Å². The van der Waals surface area contributed by atoms with Gasteiger partial charge in [0, 0.05) is 25.1 Å². The normalized spacial score (nSPS) is 13.8. The maximum Gasteiger partial charge on any atom is 0.414 e. The van der Waals surface area contributed by atoms with Crippen molar-refractivity contribution in [2.45, 2.75) is 52.1 Å². The summed E-state index contributed by atoms with van der Waals surface area (Å²) in [5.41, 5.74) is 2.52. The molecule has 0 unspecified atom stereocenters. The Hall–Kier alpha value is -1.99. The molecule has 1 aliphatic heterocycles. The third-order valence-electron chi connectivity index (χ3n) is 3.50. The second kappa shape index (κ2) is 7.52. The molecule has 0 saturated carbocycles. The molecule has 0 fully saturated rings. The molecule has 4 heteroatoms. The number of hydrogen-bond donors (Lipinski definition) is 1. The van der Waals surface area contributed by atoms with Crippen LogP contribution in [0, 0.1) is 11.8 Å². The molecule has 0 spiro atoms. The lowest BCUT2D eigenvalue weighted by molar-refractivity contribution is 0.0578. The number of carbonyl (C=O) groups is 1. The van der Waals surface area contributed by atoms with Crippen molar-refractivity contribution < 1.29 is 14.6 Å². The van der Waals surface area contributed by atoms with Crippen LogP contribution in [0.5, 0.6) is 0 Å². The first-order valence-electron chi connectivity index (χ1n) is 8.14. The molecule has 1 aromatic rings. The Labute approximate surface area is 138 Å². The Kier molecular flexibility index (Phi) is 5.68. The van der Waals surface area contributed by atoms with Crippen molar-refractivity contribution in [1.29, 1.82) is 0 Å². The first kappa shape index (κ1) is 17.4. The zero-order valence-electron chi connectivity index (χ0n) is 14.2. The van der Waals surface area contributed by atoms with E-state index in [1.165, 1.54) is 0 Å². The zero-order valence-corrected chi connectivity index (χ0v) is 14.2. The molecular weight excluding hydrogens is 290 g/mol. The number of benzene rings is 1. The van der Waals surface area contributed by atoms with E-state index in [1.807, 2.05) is 32.9 Å². The average Bonchev–Trinajstić information content (AvgIpc) is 2.49. The Bertz CT molecular complexity index is 620. The first-order valence-corrected chi connectivity index (χ1v) is 8.14. The predicted octanol–water partition coefficient (Wildman–Crippen LogP) is 3.50. The van der Waals surface area contributed by atoms with Gasteiger partial charge in [0.05, 0.1) is 5.69 Å². The van der Waals surface area contributed by atoms with Crippen LogP contribution in [0.25, 0.3) is 0 Å². The second-order valence-electron chi connectivity index (χ2n) is 6.71. The molecule has 0 radical (unpaired) electrons. The van der Waals surface area contributed by atoms with Gasteiger partial charge in [-0.3, -0.25) is 4.90 Å². The van der Waals surface area contributed by atoms with Gasteiger partial charge in [-0.2, -0.15) is 0 Å². The van der Waals surface area contributed by atoms with E-state index in [4.69, 9.17) is 9.84 Å². The molecule has 1 N–H and O–H groups in total. The number of aliphatic hydroxyl groups is 1. The number of aliphatic hydroxyl groups excluding tert-OH is 1. The summed E-state index contributed by atoms with van der Waals surface area (Å²) in [4.78, 5) is 14.1. The van der Waals surface area contributed by atoms with E-state index in [9.17, 15) is 4.79 Å². The van der Waals surface area contributed by atoms with E-state index in [1.54, 1.807) is 4.90 Å². The van der Waals surface area contributed by atoms with Gasteiger partial charge >= 0.3 is 6.09 Å². The number of unbranched alkanes of at least 4 members (excludes halogenated alkanes) is 1. The fourth-order valence-electron chi connectivity index (χ4n) is 2.51. The average molecular weight is 315 g/mol. The first-order chi connectivity index (χ1) is 10.9. The molecule has 1 amide bonds. The molecular formula is C19H25NO3. The summed E-state index contributed by atoms with van der Waals surface area (Å²) >= 11 is 0. The number of fused-ring (bicyclic) bond motifs is 1. The molecule has 0 aromatic heterocycles. The van der Waals surface area contributed by atoms with Crippen LogP contribution in [0.4, 0.5) is 10.5 Å². The van der Waals surface area contributed by atoms with E-state index >= 15 is 0 Å². The van der Waals surface area contributed by atoms with Gasteiger partial charge in [0.15, 0.2) is 0 Å². The lowest BCUT2D eigenvalue weighted by Crippen LogP contribution is -2.39. The monoisotopic (exact) mass is 315 g/mol. The summed E-state index contributed by atoms with van der Waals surface area (Å²) in [6.07, 6.45) is 2.97. The van der Waals surface area contributed by atoms with E-state index in [-0.39, 0.29) is 12.7 Å². The number of nitrogens with zero attached hydrogens (tertiary/aromatic N) is 1. The SMILES string of the molecule is CC(C)(C)OC(=O)N1CCCc2cc(C#CCCCO)ccc21. The summed E-state index contributed by atoms with van der Waals surface area (Å²) in [7, 11) is 0. The quantitative estimate of drug-likeness (QED) is 0.671. The highest BCUT2D eigenvalue weighted by Gasteiger charge is 2.27. The van der Waals surface area contributed by atoms with Crippen molar-refractivity contribution in [2.24, 2.45) is 0 Å². The summed E-state index contributed by atoms with van der Waals surface area (Å²) in [6, 6.07) is 5.94. The van der Waals surface area contributed by atoms with Gasteiger partial charge in [-0.15, -0.1) is 0 Å². The summed E-state index contributed by atoms with van der Waals surface area (Å²) in [6.45, 7) is 6.48. The Morgan fingerprint density at radius 3 is 2.87 bits per heavy atom. The number of aryl methyl sites for hydroxylation is 1. The Morgan fingerprint density at radius 2 is 2.17 bits per heavy atom. The van der Waals surface area contributed by atoms with Crippen molar-refractivity contribution in [2.75, 3.05) is 18.1 Å². The molecule has 2 rings (SSSR count). The van der Waals surface area contributed by atoms with Crippen LogP contribution in [0.3, 0.4) is 0 Å². The van der Waals surface area contributed by atoms with Gasteiger partial charge in [0.25, 0.3) is 0 Å². The third-order valence-corrected chi connectivity index (χ3v) is 3.50. The van der Waals surface area contributed by atoms with E-state index < -0.39 is 5.60 Å². The van der Waals surface area contributed by atoms with Gasteiger partial charge in [0.2, 0.25) is 0 Å².